The lowest BCUT2D eigenvalue weighted by Crippen LogP contribution is -2.46. The Kier molecular flexibility index (Phi) is 12.8. The van der Waals surface area contributed by atoms with Crippen molar-refractivity contribution in [1.82, 2.24) is 9.80 Å². The van der Waals surface area contributed by atoms with Crippen LogP contribution in [0.5, 0.6) is 0 Å². The second-order valence-corrected chi connectivity index (χ2v) is 5.26. The molecule has 1 heterocycles. The maximum atomic E-state index is 5.54. The molecule has 0 radical (unpaired) electrons. The Balaban J connectivity index is 0.00000154. The Morgan fingerprint density at radius 2 is 1.47 bits per heavy atom. The molecular formula is C16H36N2O. The van der Waals surface area contributed by atoms with Crippen molar-refractivity contribution < 1.29 is 4.74 Å². The zero-order chi connectivity index (χ0) is 14.5. The van der Waals surface area contributed by atoms with Gasteiger partial charge in [0.15, 0.2) is 0 Å². The van der Waals surface area contributed by atoms with E-state index in [9.17, 15) is 0 Å². The minimum absolute atomic E-state index is 0.386. The zero-order valence-electron chi connectivity index (χ0n) is 14.0. The summed E-state index contributed by atoms with van der Waals surface area (Å²) in [6.45, 7) is 18.9. The predicted molar refractivity (Wildman–Crippen MR) is 84.8 cm³/mol. The number of rotatable bonds is 8. The van der Waals surface area contributed by atoms with Crippen molar-refractivity contribution in [3.8, 4) is 0 Å². The highest BCUT2D eigenvalue weighted by Gasteiger charge is 2.14. The Morgan fingerprint density at radius 3 is 2.00 bits per heavy atom. The molecule has 3 heteroatoms. The van der Waals surface area contributed by atoms with Crippen molar-refractivity contribution in [2.45, 2.75) is 60.0 Å². The van der Waals surface area contributed by atoms with Crippen molar-refractivity contribution in [3.05, 3.63) is 0 Å². The molecule has 0 aromatic rings. The van der Waals surface area contributed by atoms with Gasteiger partial charge in [-0.3, -0.25) is 0 Å². The molecule has 1 aliphatic heterocycles. The van der Waals surface area contributed by atoms with Crippen LogP contribution in [-0.2, 0) is 4.74 Å². The molecule has 19 heavy (non-hydrogen) atoms. The average molecular weight is 272 g/mol. The topological polar surface area (TPSA) is 15.7 Å². The molecule has 0 aromatic heterocycles. The van der Waals surface area contributed by atoms with Gasteiger partial charge in [0.1, 0.15) is 0 Å². The van der Waals surface area contributed by atoms with Gasteiger partial charge in [0.05, 0.1) is 6.10 Å². The van der Waals surface area contributed by atoms with Crippen LogP contribution in [-0.4, -0.2) is 61.8 Å². The molecule has 0 N–H and O–H groups in total. The van der Waals surface area contributed by atoms with Crippen LogP contribution in [0.4, 0.5) is 0 Å². The van der Waals surface area contributed by atoms with Gasteiger partial charge in [0.2, 0.25) is 0 Å². The number of hydrogen-bond donors (Lipinski definition) is 0. The molecule has 0 aliphatic carbocycles. The summed E-state index contributed by atoms with van der Waals surface area (Å²) in [6.07, 6.45) is 4.23. The van der Waals surface area contributed by atoms with E-state index in [2.05, 4.69) is 30.6 Å². The third kappa shape index (κ3) is 10.3. The molecule has 3 nitrogen and oxygen atoms in total. The molecule has 0 unspecified atom stereocenters. The minimum atomic E-state index is 0.386. The zero-order valence-corrected chi connectivity index (χ0v) is 14.0. The van der Waals surface area contributed by atoms with Gasteiger partial charge in [-0.2, -0.15) is 0 Å². The summed E-state index contributed by atoms with van der Waals surface area (Å²) in [5.41, 5.74) is 0. The highest BCUT2D eigenvalue weighted by Crippen LogP contribution is 2.05. The number of hydrogen-bond acceptors (Lipinski definition) is 3. The molecule has 0 aromatic carbocycles. The van der Waals surface area contributed by atoms with Crippen molar-refractivity contribution in [2.24, 2.45) is 0 Å². The fourth-order valence-corrected chi connectivity index (χ4v) is 2.26. The van der Waals surface area contributed by atoms with Gasteiger partial charge in [-0.15, -0.1) is 0 Å². The SMILES string of the molecule is CC.CCN1CCN(CCCCCOC(C)C)CC1. The molecule has 0 bridgehead atoms. The van der Waals surface area contributed by atoms with Crippen LogP contribution in [0.2, 0.25) is 0 Å². The molecule has 1 saturated heterocycles. The quantitative estimate of drug-likeness (QED) is 0.631. The third-order valence-corrected chi connectivity index (χ3v) is 3.48. The van der Waals surface area contributed by atoms with E-state index in [0.29, 0.717) is 6.10 Å². The predicted octanol–water partition coefficient (Wildman–Crippen LogP) is 3.25. The minimum Gasteiger partial charge on any atom is -0.379 e. The van der Waals surface area contributed by atoms with Gasteiger partial charge >= 0.3 is 0 Å². The Labute approximate surface area is 121 Å². The molecule has 1 rings (SSSR count). The summed E-state index contributed by atoms with van der Waals surface area (Å²) >= 11 is 0. The van der Waals surface area contributed by atoms with E-state index in [-0.39, 0.29) is 0 Å². The molecule has 116 valence electrons. The van der Waals surface area contributed by atoms with E-state index in [0.717, 1.165) is 6.61 Å². The largest absolute Gasteiger partial charge is 0.379 e. The maximum Gasteiger partial charge on any atom is 0.0518 e. The van der Waals surface area contributed by atoms with E-state index in [1.165, 1.54) is 58.5 Å². The van der Waals surface area contributed by atoms with Gasteiger partial charge in [-0.25, -0.2) is 0 Å². The van der Waals surface area contributed by atoms with Gasteiger partial charge in [-0.1, -0.05) is 20.8 Å². The van der Waals surface area contributed by atoms with Crippen molar-refractivity contribution in [1.29, 1.82) is 0 Å². The number of piperazine rings is 1. The lowest BCUT2D eigenvalue weighted by molar-refractivity contribution is 0.0746. The Bertz CT molecular complexity index is 178. The molecule has 1 aliphatic rings. The molecule has 0 spiro atoms. The smallest absolute Gasteiger partial charge is 0.0518 e. The van der Waals surface area contributed by atoms with Crippen LogP contribution in [0, 0.1) is 0 Å². The van der Waals surface area contributed by atoms with E-state index >= 15 is 0 Å². The molecule has 1 fully saturated rings. The van der Waals surface area contributed by atoms with E-state index < -0.39 is 0 Å². The number of nitrogens with zero attached hydrogens (tertiary/aromatic N) is 2. The highest BCUT2D eigenvalue weighted by molar-refractivity contribution is 4.70. The Morgan fingerprint density at radius 1 is 0.895 bits per heavy atom. The molecule has 0 atom stereocenters. The van der Waals surface area contributed by atoms with Gasteiger partial charge in [-0.05, 0) is 46.2 Å². The lowest BCUT2D eigenvalue weighted by Gasteiger charge is -2.33. The summed E-state index contributed by atoms with van der Waals surface area (Å²) < 4.78 is 5.54. The first-order valence-electron chi connectivity index (χ1n) is 8.28. The third-order valence-electron chi connectivity index (χ3n) is 3.48. The van der Waals surface area contributed by atoms with Crippen LogP contribution in [0.15, 0.2) is 0 Å². The highest BCUT2D eigenvalue weighted by atomic mass is 16.5. The van der Waals surface area contributed by atoms with Crippen molar-refractivity contribution >= 4 is 0 Å². The summed E-state index contributed by atoms with van der Waals surface area (Å²) in [7, 11) is 0. The molecule has 0 amide bonds. The normalized spacial score (nSPS) is 17.4. The van der Waals surface area contributed by atoms with Crippen molar-refractivity contribution in [3.63, 3.8) is 0 Å². The van der Waals surface area contributed by atoms with Gasteiger partial charge in [0.25, 0.3) is 0 Å². The number of ether oxygens (including phenoxy) is 1. The maximum absolute atomic E-state index is 5.54. The second kappa shape index (κ2) is 12.9. The number of likely N-dealkylation sites (N-methyl/N-ethyl adjacent to an activating group) is 1. The second-order valence-electron chi connectivity index (χ2n) is 5.26. The summed E-state index contributed by atoms with van der Waals surface area (Å²) in [6, 6.07) is 0. The first kappa shape index (κ1) is 18.9. The van der Waals surface area contributed by atoms with Gasteiger partial charge < -0.3 is 14.5 Å². The summed E-state index contributed by atoms with van der Waals surface area (Å²) in [5.74, 6) is 0. The van der Waals surface area contributed by atoms with Crippen LogP contribution < -0.4 is 0 Å². The molecule has 0 saturated carbocycles. The first-order valence-corrected chi connectivity index (χ1v) is 8.28. The first-order chi connectivity index (χ1) is 9.22. The molecular weight excluding hydrogens is 236 g/mol. The van der Waals surface area contributed by atoms with Gasteiger partial charge in [0, 0.05) is 32.8 Å². The Hall–Kier alpha value is -0.120. The fraction of sp³-hybridized carbons (Fsp3) is 1.00. The van der Waals surface area contributed by atoms with E-state index in [1.807, 2.05) is 13.8 Å². The van der Waals surface area contributed by atoms with Crippen LogP contribution in [0.3, 0.4) is 0 Å². The van der Waals surface area contributed by atoms with E-state index in [1.54, 1.807) is 0 Å². The number of unbranched alkanes of at least 4 members (excludes halogenated alkanes) is 2. The monoisotopic (exact) mass is 272 g/mol. The van der Waals surface area contributed by atoms with Crippen molar-refractivity contribution in [2.75, 3.05) is 45.9 Å². The summed E-state index contributed by atoms with van der Waals surface area (Å²) in [4.78, 5) is 5.14. The fourth-order valence-electron chi connectivity index (χ4n) is 2.26. The standard InChI is InChI=1S/C14H30N2O.C2H6/c1-4-15-9-11-16(12-10-15)8-6-5-7-13-17-14(2)3;1-2/h14H,4-13H2,1-3H3;1-2H3. The van der Waals surface area contributed by atoms with Crippen LogP contribution in [0.25, 0.3) is 0 Å². The van der Waals surface area contributed by atoms with Crippen LogP contribution in [0.1, 0.15) is 53.9 Å². The summed E-state index contributed by atoms with van der Waals surface area (Å²) in [5, 5.41) is 0. The van der Waals surface area contributed by atoms with Crippen LogP contribution >= 0.6 is 0 Å². The lowest BCUT2D eigenvalue weighted by atomic mass is 10.2. The average Bonchev–Trinajstić information content (AvgIpc) is 2.45. The van der Waals surface area contributed by atoms with E-state index in [4.69, 9.17) is 4.74 Å².